The Labute approximate surface area is 137 Å². The molecule has 1 aliphatic rings. The molecule has 24 heavy (non-hydrogen) atoms. The highest BCUT2D eigenvalue weighted by molar-refractivity contribution is 6.00. The third-order valence-electron chi connectivity index (χ3n) is 3.91. The van der Waals surface area contributed by atoms with Crippen LogP contribution in [0.25, 0.3) is 0 Å². The molecule has 1 amide bonds. The lowest BCUT2D eigenvalue weighted by Gasteiger charge is -2.34. The number of amides is 1. The number of fused-ring (bicyclic) bond motifs is 1. The first-order valence-electron chi connectivity index (χ1n) is 7.51. The number of nitro benzene ring substituents is 1. The van der Waals surface area contributed by atoms with Gasteiger partial charge in [0.1, 0.15) is 5.82 Å². The maximum Gasteiger partial charge on any atom is 0.273 e. The first-order chi connectivity index (χ1) is 11.5. The quantitative estimate of drug-likeness (QED) is 0.636. The van der Waals surface area contributed by atoms with E-state index in [2.05, 4.69) is 0 Å². The van der Waals surface area contributed by atoms with E-state index in [1.54, 1.807) is 25.1 Å². The van der Waals surface area contributed by atoms with Crippen molar-refractivity contribution < 1.29 is 18.8 Å². The normalized spacial score (nSPS) is 16.5. The molecular formula is C17H15FN2O4. The molecule has 6 nitrogen and oxygen atoms in total. The molecule has 0 bridgehead atoms. The number of nitro groups is 1. The zero-order valence-corrected chi connectivity index (χ0v) is 12.9. The van der Waals surface area contributed by atoms with Crippen LogP contribution in [0.4, 0.5) is 15.8 Å². The topological polar surface area (TPSA) is 72.7 Å². The van der Waals surface area contributed by atoms with Gasteiger partial charge in [-0.25, -0.2) is 4.39 Å². The highest BCUT2D eigenvalue weighted by Gasteiger charge is 2.34. The Bertz CT molecular complexity index is 809. The van der Waals surface area contributed by atoms with Crippen LogP contribution in [0.2, 0.25) is 0 Å². The number of rotatable bonds is 4. The number of hydrogen-bond acceptors (Lipinski definition) is 4. The summed E-state index contributed by atoms with van der Waals surface area (Å²) in [5.41, 5.74) is 0.647. The summed E-state index contributed by atoms with van der Waals surface area (Å²) in [6, 6.07) is 10.2. The van der Waals surface area contributed by atoms with Crippen LogP contribution in [-0.2, 0) is 11.3 Å². The van der Waals surface area contributed by atoms with E-state index < -0.39 is 16.8 Å². The molecule has 0 saturated carbocycles. The summed E-state index contributed by atoms with van der Waals surface area (Å²) in [5, 5.41) is 10.9. The van der Waals surface area contributed by atoms with Gasteiger partial charge in [-0.05, 0) is 18.6 Å². The second kappa shape index (κ2) is 6.27. The van der Waals surface area contributed by atoms with Crippen LogP contribution in [0.3, 0.4) is 0 Å². The third-order valence-corrected chi connectivity index (χ3v) is 3.91. The Morgan fingerprint density at radius 1 is 1.29 bits per heavy atom. The van der Waals surface area contributed by atoms with Crippen molar-refractivity contribution in [1.82, 2.24) is 0 Å². The lowest BCUT2D eigenvalue weighted by Crippen LogP contribution is -2.45. The Kier molecular flexibility index (Phi) is 4.16. The van der Waals surface area contributed by atoms with Crippen molar-refractivity contribution in [2.75, 3.05) is 4.90 Å². The SMILES string of the molecule is CC[C@@H]1Oc2cc([N+](=O)[O-])ccc2N(Cc2ccccc2F)C1=O. The highest BCUT2D eigenvalue weighted by Crippen LogP contribution is 2.38. The van der Waals surface area contributed by atoms with Gasteiger partial charge in [-0.15, -0.1) is 0 Å². The first-order valence-corrected chi connectivity index (χ1v) is 7.51. The Morgan fingerprint density at radius 2 is 2.04 bits per heavy atom. The molecule has 0 N–H and O–H groups in total. The molecule has 0 saturated heterocycles. The molecule has 7 heteroatoms. The van der Waals surface area contributed by atoms with Crippen molar-refractivity contribution in [1.29, 1.82) is 0 Å². The van der Waals surface area contributed by atoms with Crippen LogP contribution in [-0.4, -0.2) is 16.9 Å². The Morgan fingerprint density at radius 3 is 2.71 bits per heavy atom. The van der Waals surface area contributed by atoms with Gasteiger partial charge in [0, 0.05) is 11.6 Å². The maximum atomic E-state index is 13.9. The molecule has 1 aliphatic heterocycles. The first kappa shape index (κ1) is 15.9. The van der Waals surface area contributed by atoms with E-state index in [1.807, 2.05) is 0 Å². The van der Waals surface area contributed by atoms with Crippen molar-refractivity contribution in [2.24, 2.45) is 0 Å². The number of anilines is 1. The minimum Gasteiger partial charge on any atom is -0.478 e. The van der Waals surface area contributed by atoms with Gasteiger partial charge in [0.05, 0.1) is 23.2 Å². The van der Waals surface area contributed by atoms with Gasteiger partial charge < -0.3 is 9.64 Å². The summed E-state index contributed by atoms with van der Waals surface area (Å²) in [5.74, 6) is -0.442. The standard InChI is InChI=1S/C17H15FN2O4/c1-2-15-17(21)19(10-11-5-3-4-6-13(11)18)14-8-7-12(20(22)23)9-16(14)24-15/h3-9,15H,2,10H2,1H3/t15-/m0/s1. The zero-order valence-electron chi connectivity index (χ0n) is 12.9. The minimum absolute atomic E-state index is 0.0379. The Balaban J connectivity index is 2.03. The third kappa shape index (κ3) is 2.80. The van der Waals surface area contributed by atoms with Crippen LogP contribution in [0.15, 0.2) is 42.5 Å². The molecule has 0 radical (unpaired) electrons. The summed E-state index contributed by atoms with van der Waals surface area (Å²) >= 11 is 0. The number of nitrogens with zero attached hydrogens (tertiary/aromatic N) is 2. The fraction of sp³-hybridized carbons (Fsp3) is 0.235. The zero-order chi connectivity index (χ0) is 17.3. The minimum atomic E-state index is -0.744. The van der Waals surface area contributed by atoms with Crippen LogP contribution in [0, 0.1) is 15.9 Å². The van der Waals surface area contributed by atoms with Gasteiger partial charge in [0.25, 0.3) is 11.6 Å². The highest BCUT2D eigenvalue weighted by atomic mass is 19.1. The van der Waals surface area contributed by atoms with Gasteiger partial charge in [-0.1, -0.05) is 25.1 Å². The van der Waals surface area contributed by atoms with E-state index in [4.69, 9.17) is 4.74 Å². The van der Waals surface area contributed by atoms with Crippen LogP contribution in [0.1, 0.15) is 18.9 Å². The van der Waals surface area contributed by atoms with Crippen molar-refractivity contribution in [3.8, 4) is 5.75 Å². The summed E-state index contributed by atoms with van der Waals surface area (Å²) in [6.07, 6.45) is -0.333. The number of ether oxygens (including phenoxy) is 1. The van der Waals surface area contributed by atoms with Crippen molar-refractivity contribution in [2.45, 2.75) is 26.0 Å². The number of carbonyl (C=O) groups excluding carboxylic acids is 1. The number of non-ortho nitro benzene ring substituents is 1. The molecular weight excluding hydrogens is 315 g/mol. The van der Waals surface area contributed by atoms with Gasteiger partial charge in [-0.3, -0.25) is 14.9 Å². The predicted molar refractivity (Wildman–Crippen MR) is 85.4 cm³/mol. The van der Waals surface area contributed by atoms with Crippen LogP contribution in [0.5, 0.6) is 5.75 Å². The van der Waals surface area contributed by atoms with Crippen LogP contribution < -0.4 is 9.64 Å². The molecule has 0 spiro atoms. The largest absolute Gasteiger partial charge is 0.478 e. The molecule has 0 aliphatic carbocycles. The predicted octanol–water partition coefficient (Wildman–Crippen LogP) is 3.44. The molecule has 1 heterocycles. The van der Waals surface area contributed by atoms with Crippen LogP contribution >= 0.6 is 0 Å². The van der Waals surface area contributed by atoms with Gasteiger partial charge in [0.2, 0.25) is 0 Å². The second-order valence-electron chi connectivity index (χ2n) is 5.44. The molecule has 1 atom stereocenters. The van der Waals surface area contributed by atoms with E-state index in [9.17, 15) is 19.3 Å². The van der Waals surface area contributed by atoms with Crippen molar-refractivity contribution in [3.63, 3.8) is 0 Å². The smallest absolute Gasteiger partial charge is 0.273 e. The number of hydrogen-bond donors (Lipinski definition) is 0. The molecule has 0 unspecified atom stereocenters. The van der Waals surface area contributed by atoms with Crippen molar-refractivity contribution >= 4 is 17.3 Å². The molecule has 3 rings (SSSR count). The fourth-order valence-corrected chi connectivity index (χ4v) is 2.65. The van der Waals surface area contributed by atoms with Gasteiger partial charge in [0.15, 0.2) is 11.9 Å². The molecule has 2 aromatic rings. The Hall–Kier alpha value is -2.96. The maximum absolute atomic E-state index is 13.9. The van der Waals surface area contributed by atoms with E-state index in [1.165, 1.54) is 29.2 Å². The molecule has 2 aromatic carbocycles. The average molecular weight is 330 g/mol. The van der Waals surface area contributed by atoms with E-state index in [0.29, 0.717) is 17.7 Å². The van der Waals surface area contributed by atoms with E-state index in [0.717, 1.165) is 0 Å². The fourth-order valence-electron chi connectivity index (χ4n) is 2.65. The second-order valence-corrected chi connectivity index (χ2v) is 5.44. The summed E-state index contributed by atoms with van der Waals surface area (Å²) in [7, 11) is 0. The average Bonchev–Trinajstić information content (AvgIpc) is 2.58. The van der Waals surface area contributed by atoms with Crippen molar-refractivity contribution in [3.05, 3.63) is 64.0 Å². The lowest BCUT2D eigenvalue weighted by molar-refractivity contribution is -0.384. The molecule has 0 aromatic heterocycles. The lowest BCUT2D eigenvalue weighted by atomic mass is 10.1. The van der Waals surface area contributed by atoms with E-state index >= 15 is 0 Å². The summed E-state index contributed by atoms with van der Waals surface area (Å²) in [6.45, 7) is 1.82. The monoisotopic (exact) mass is 330 g/mol. The summed E-state index contributed by atoms with van der Waals surface area (Å²) in [4.78, 5) is 24.4. The number of carbonyl (C=O) groups is 1. The number of benzene rings is 2. The molecule has 124 valence electrons. The van der Waals surface area contributed by atoms with E-state index in [-0.39, 0.29) is 23.9 Å². The summed E-state index contributed by atoms with van der Waals surface area (Å²) < 4.78 is 19.5. The molecule has 0 fully saturated rings. The number of halogens is 1. The van der Waals surface area contributed by atoms with Gasteiger partial charge in [-0.2, -0.15) is 0 Å². The van der Waals surface area contributed by atoms with Gasteiger partial charge >= 0.3 is 0 Å².